The van der Waals surface area contributed by atoms with Gasteiger partial charge < -0.3 is 33.0 Å². The lowest BCUT2D eigenvalue weighted by molar-refractivity contribution is -0.203. The molecule has 19 nitrogen and oxygen atoms in total. The molecule has 2 aliphatic rings. The van der Waals surface area contributed by atoms with Gasteiger partial charge in [-0.15, -0.1) is 0 Å². The highest BCUT2D eigenvalue weighted by Gasteiger charge is 2.60. The fourth-order valence-corrected chi connectivity index (χ4v) is 8.47. The first-order valence-electron chi connectivity index (χ1n) is 16.0. The fraction of sp³-hybridized carbons (Fsp3) is 0.607. The molecule has 1 saturated carbocycles. The lowest BCUT2D eigenvalue weighted by Crippen LogP contribution is -2.41. The molecule has 1 amide bonds. The molecule has 1 saturated heterocycles. The Morgan fingerprint density at radius 2 is 2.09 bits per heavy atom. The standard InChI is InChI=1S/C28H35F3N8O11P2S/c1-14(2)24(41)37-27-36-23-21(25(42)38-27)35-13-39(23)26-22(20(28(29,30)31)18(10-40)48-26)50-52(53,45-7-3-5-32)46-11-15-8-16(9-17(15)49-51(43)44)47-19-4-6-33-12-34-19/h4,6,12-18,20,22,26,40,51H,3,7-11H2,1-2H3,(H,43,44)(H2,36,37,38,41,42)/t15-,16-,17+,18-,20-,22-,26-,52?/m1/s1. The zero-order chi connectivity index (χ0) is 38.5. The highest BCUT2D eigenvalue weighted by atomic mass is 32.5. The number of hydrogen-bond acceptors (Lipinski definition) is 16. The van der Waals surface area contributed by atoms with E-state index in [1.165, 1.54) is 18.6 Å². The van der Waals surface area contributed by atoms with E-state index in [1.54, 1.807) is 13.8 Å². The van der Waals surface area contributed by atoms with Crippen LogP contribution in [-0.4, -0.2) is 95.8 Å². The number of aliphatic hydroxyl groups excluding tert-OH is 1. The summed E-state index contributed by atoms with van der Waals surface area (Å²) in [7, 11) is -3.46. The van der Waals surface area contributed by atoms with E-state index in [2.05, 4.69) is 30.2 Å². The number of ether oxygens (including phenoxy) is 2. The maximum Gasteiger partial charge on any atom is 0.397 e. The van der Waals surface area contributed by atoms with Crippen molar-refractivity contribution in [1.29, 1.82) is 5.26 Å². The van der Waals surface area contributed by atoms with Crippen LogP contribution in [0.3, 0.4) is 0 Å². The van der Waals surface area contributed by atoms with Gasteiger partial charge in [-0.2, -0.15) is 23.4 Å². The van der Waals surface area contributed by atoms with Gasteiger partial charge in [0.15, 0.2) is 17.4 Å². The van der Waals surface area contributed by atoms with Crippen LogP contribution in [0.15, 0.2) is 29.7 Å². The number of halogens is 3. The topological polar surface area (TPSA) is 255 Å². The van der Waals surface area contributed by atoms with Crippen LogP contribution < -0.4 is 15.6 Å². The molecule has 2 fully saturated rings. The van der Waals surface area contributed by atoms with Crippen LogP contribution in [0.25, 0.3) is 11.2 Å². The molecule has 1 aliphatic carbocycles. The Hall–Kier alpha value is -3.42. The molecular weight excluding hydrogens is 775 g/mol. The summed E-state index contributed by atoms with van der Waals surface area (Å²) < 4.78 is 91.3. The SMILES string of the molecule is CC(C)C(=O)Nc1nc2c(ncn2[C@@H]2O[C@H](CO)[C@@H](C(F)(F)F)[C@H]2OP(=S)(OCCC#N)OC[C@H]2C[C@@H](Oc3ccncn3)C[C@@H]2O[PH](=O)O)c(=O)[nH]1. The predicted molar refractivity (Wildman–Crippen MR) is 179 cm³/mol. The minimum Gasteiger partial charge on any atom is -0.474 e. The third kappa shape index (κ3) is 10.0. The molecule has 4 N–H and O–H groups in total. The molecule has 0 radical (unpaired) electrons. The number of amides is 1. The number of aromatic nitrogens is 6. The fourth-order valence-electron chi connectivity index (χ4n) is 5.80. The number of nitriles is 1. The summed E-state index contributed by atoms with van der Waals surface area (Å²) in [6.07, 6.45) is -8.70. The Bertz CT molecular complexity index is 1920. The summed E-state index contributed by atoms with van der Waals surface area (Å²) in [5, 5.41) is 21.6. The van der Waals surface area contributed by atoms with Crippen molar-refractivity contribution < 1.29 is 60.1 Å². The first-order valence-corrected chi connectivity index (χ1v) is 19.8. The molecule has 2 unspecified atom stereocenters. The minimum atomic E-state index is -5.07. The van der Waals surface area contributed by atoms with Crippen molar-refractivity contribution in [2.24, 2.45) is 17.8 Å². The average molecular weight is 811 g/mol. The molecule has 4 heterocycles. The molecule has 25 heteroatoms. The molecule has 5 rings (SSSR count). The molecule has 1 aliphatic heterocycles. The zero-order valence-corrected chi connectivity index (χ0v) is 30.6. The van der Waals surface area contributed by atoms with Gasteiger partial charge in [-0.3, -0.25) is 33.5 Å². The predicted octanol–water partition coefficient (Wildman–Crippen LogP) is 2.75. The molecule has 3 aromatic rings. The highest BCUT2D eigenvalue weighted by Crippen LogP contribution is 2.58. The number of fused-ring (bicyclic) bond motifs is 1. The number of aromatic amines is 1. The molecule has 0 spiro atoms. The Labute approximate surface area is 304 Å². The maximum absolute atomic E-state index is 14.8. The molecule has 9 atom stereocenters. The second-order valence-electron chi connectivity index (χ2n) is 12.2. The molecule has 0 bridgehead atoms. The normalized spacial score (nSPS) is 26.4. The Kier molecular flexibility index (Phi) is 13.4. The smallest absolute Gasteiger partial charge is 0.397 e. The summed E-state index contributed by atoms with van der Waals surface area (Å²) in [5.74, 6) is -4.39. The number of carbonyl (C=O) groups is 1. The maximum atomic E-state index is 14.8. The number of imidazole rings is 1. The van der Waals surface area contributed by atoms with Gasteiger partial charge >= 0.3 is 21.1 Å². The lowest BCUT2D eigenvalue weighted by Gasteiger charge is -2.32. The number of H-pyrrole nitrogens is 1. The number of anilines is 1. The van der Waals surface area contributed by atoms with Gasteiger partial charge in [-0.1, -0.05) is 13.8 Å². The molecule has 3 aromatic heterocycles. The van der Waals surface area contributed by atoms with E-state index in [0.717, 1.165) is 10.9 Å². The largest absolute Gasteiger partial charge is 0.474 e. The number of alkyl halides is 3. The van der Waals surface area contributed by atoms with Crippen LogP contribution in [-0.2, 0) is 44.0 Å². The molecule has 290 valence electrons. The third-order valence-corrected chi connectivity index (χ3v) is 11.1. The van der Waals surface area contributed by atoms with Crippen molar-refractivity contribution in [3.63, 3.8) is 0 Å². The zero-order valence-electron chi connectivity index (χ0n) is 27.9. The van der Waals surface area contributed by atoms with E-state index in [4.69, 9.17) is 44.6 Å². The summed E-state index contributed by atoms with van der Waals surface area (Å²) >= 11 is 5.60. The number of nitrogens with one attached hydrogen (secondary N) is 2. The van der Waals surface area contributed by atoms with Crippen molar-refractivity contribution >= 4 is 49.8 Å². The van der Waals surface area contributed by atoms with E-state index in [0.29, 0.717) is 0 Å². The summed E-state index contributed by atoms with van der Waals surface area (Å²) in [6, 6.07) is 3.33. The molecule has 0 aromatic carbocycles. The first kappa shape index (κ1) is 40.8. The monoisotopic (exact) mass is 810 g/mol. The minimum absolute atomic E-state index is 0.111. The highest BCUT2D eigenvalue weighted by molar-refractivity contribution is 8.07. The van der Waals surface area contributed by atoms with Crippen molar-refractivity contribution in [2.75, 3.05) is 25.1 Å². The quantitative estimate of drug-likeness (QED) is 0.120. The van der Waals surface area contributed by atoms with Gasteiger partial charge in [0.05, 0.1) is 50.8 Å². The van der Waals surface area contributed by atoms with Gasteiger partial charge in [0, 0.05) is 30.5 Å². The number of hydrogen-bond donors (Lipinski definition) is 4. The number of aliphatic hydroxyl groups is 1. The van der Waals surface area contributed by atoms with Crippen molar-refractivity contribution in [3.05, 3.63) is 35.3 Å². The van der Waals surface area contributed by atoms with E-state index in [1.807, 2.05) is 6.07 Å². The van der Waals surface area contributed by atoms with Gasteiger partial charge in [0.1, 0.15) is 24.5 Å². The van der Waals surface area contributed by atoms with Gasteiger partial charge in [0.2, 0.25) is 17.7 Å². The van der Waals surface area contributed by atoms with Gasteiger partial charge in [-0.25, -0.2) is 15.0 Å². The number of nitrogens with zero attached hydrogens (tertiary/aromatic N) is 6. The van der Waals surface area contributed by atoms with Crippen LogP contribution in [0, 0.1) is 29.1 Å². The van der Waals surface area contributed by atoms with Crippen LogP contribution >= 0.6 is 15.0 Å². The third-order valence-electron chi connectivity index (χ3n) is 8.22. The second-order valence-corrected chi connectivity index (χ2v) is 15.9. The van der Waals surface area contributed by atoms with Crippen molar-refractivity contribution in [3.8, 4) is 11.9 Å². The van der Waals surface area contributed by atoms with Crippen LogP contribution in [0.2, 0.25) is 0 Å². The van der Waals surface area contributed by atoms with Crippen molar-refractivity contribution in [1.82, 2.24) is 29.5 Å². The second kappa shape index (κ2) is 17.4. The van der Waals surface area contributed by atoms with Crippen LogP contribution in [0.5, 0.6) is 5.88 Å². The van der Waals surface area contributed by atoms with Crippen LogP contribution in [0.4, 0.5) is 19.1 Å². The Balaban J connectivity index is 1.47. The molecular formula is C28H35F3N8O11P2S. The lowest BCUT2D eigenvalue weighted by atomic mass is 9.98. The average Bonchev–Trinajstić information content (AvgIpc) is 3.79. The first-order chi connectivity index (χ1) is 25.1. The number of rotatable bonds is 16. The summed E-state index contributed by atoms with van der Waals surface area (Å²) in [5.41, 5.74) is -1.45. The van der Waals surface area contributed by atoms with E-state index in [9.17, 15) is 37.3 Å². The summed E-state index contributed by atoms with van der Waals surface area (Å²) in [4.78, 5) is 53.1. The van der Waals surface area contributed by atoms with Crippen LogP contribution in [0.1, 0.15) is 39.3 Å². The van der Waals surface area contributed by atoms with Crippen molar-refractivity contribution in [2.45, 2.75) is 69.9 Å². The number of carbonyl (C=O) groups excluding carboxylic acids is 1. The van der Waals surface area contributed by atoms with Gasteiger partial charge in [0.25, 0.3) is 5.56 Å². The van der Waals surface area contributed by atoms with Gasteiger partial charge in [-0.05, 0) is 18.2 Å². The van der Waals surface area contributed by atoms with E-state index < -0.39 is 101 Å². The Morgan fingerprint density at radius 1 is 1.32 bits per heavy atom. The molecule has 53 heavy (non-hydrogen) atoms. The summed E-state index contributed by atoms with van der Waals surface area (Å²) in [6.45, 7) is -3.07. The Morgan fingerprint density at radius 3 is 2.74 bits per heavy atom. The van der Waals surface area contributed by atoms with E-state index >= 15 is 0 Å². The van der Waals surface area contributed by atoms with E-state index in [-0.39, 0.29) is 42.3 Å².